The van der Waals surface area contributed by atoms with E-state index in [0.29, 0.717) is 0 Å². The smallest absolute Gasteiger partial charge is 0.00117 e. The van der Waals surface area contributed by atoms with Crippen LogP contribution in [0.15, 0.2) is 30.3 Å². The highest BCUT2D eigenvalue weighted by molar-refractivity contribution is 5.67. The maximum Gasteiger partial charge on any atom is -0.00117 e. The number of nitrogens with one attached hydrogen (secondary N) is 1. The van der Waals surface area contributed by atoms with E-state index in [4.69, 9.17) is 0 Å². The summed E-state index contributed by atoms with van der Waals surface area (Å²) in [6.07, 6.45) is 5.05. The van der Waals surface area contributed by atoms with Crippen molar-refractivity contribution >= 4 is 5.57 Å². The maximum absolute atomic E-state index is 3.53. The molecule has 1 heterocycles. The minimum atomic E-state index is 0.786. The molecule has 1 aromatic carbocycles. The summed E-state index contributed by atoms with van der Waals surface area (Å²) in [5, 5.41) is 3.53. The Labute approximate surface area is 97.6 Å². The molecule has 0 saturated carbocycles. The van der Waals surface area contributed by atoms with Crippen molar-refractivity contribution in [1.82, 2.24) is 5.32 Å². The fourth-order valence-electron chi connectivity index (χ4n) is 3.16. The van der Waals surface area contributed by atoms with Crippen LogP contribution < -0.4 is 5.32 Å². The minimum absolute atomic E-state index is 0.786. The van der Waals surface area contributed by atoms with Gasteiger partial charge in [0, 0.05) is 0 Å². The van der Waals surface area contributed by atoms with Crippen LogP contribution in [0.3, 0.4) is 0 Å². The van der Waals surface area contributed by atoms with Gasteiger partial charge in [0.05, 0.1) is 0 Å². The number of piperidine rings is 1. The zero-order valence-electron chi connectivity index (χ0n) is 9.87. The van der Waals surface area contributed by atoms with Crippen molar-refractivity contribution in [3.05, 3.63) is 41.5 Å². The van der Waals surface area contributed by atoms with Crippen molar-refractivity contribution in [2.75, 3.05) is 13.1 Å². The highest BCUT2D eigenvalue weighted by Gasteiger charge is 2.26. The molecule has 3 rings (SSSR count). The first-order valence-corrected chi connectivity index (χ1v) is 6.32. The van der Waals surface area contributed by atoms with Gasteiger partial charge in [-0.3, -0.25) is 0 Å². The maximum atomic E-state index is 3.53. The second-order valence-electron chi connectivity index (χ2n) is 5.13. The molecular weight excluding hydrogens is 194 g/mol. The fourth-order valence-corrected chi connectivity index (χ4v) is 3.16. The third-order valence-electron chi connectivity index (χ3n) is 4.05. The van der Waals surface area contributed by atoms with Crippen LogP contribution in [0, 0.1) is 11.8 Å². The quantitative estimate of drug-likeness (QED) is 0.698. The molecule has 1 heteroatoms. The van der Waals surface area contributed by atoms with Crippen LogP contribution in [-0.4, -0.2) is 13.1 Å². The van der Waals surface area contributed by atoms with E-state index in [1.807, 2.05) is 0 Å². The van der Waals surface area contributed by atoms with E-state index in [0.717, 1.165) is 11.8 Å². The van der Waals surface area contributed by atoms with Crippen molar-refractivity contribution in [2.45, 2.75) is 19.8 Å². The number of rotatable bonds is 0. The topological polar surface area (TPSA) is 12.0 Å². The average molecular weight is 213 g/mol. The van der Waals surface area contributed by atoms with Gasteiger partial charge in [-0.2, -0.15) is 0 Å². The predicted octanol–water partition coefficient (Wildman–Crippen LogP) is 2.87. The number of hydrogen-bond donors (Lipinski definition) is 1. The Bertz CT molecular complexity index is 419. The van der Waals surface area contributed by atoms with Crippen LogP contribution in [0.25, 0.3) is 5.57 Å². The molecule has 2 atom stereocenters. The van der Waals surface area contributed by atoms with E-state index >= 15 is 0 Å². The highest BCUT2D eigenvalue weighted by Crippen LogP contribution is 2.33. The normalized spacial score (nSPS) is 28.7. The van der Waals surface area contributed by atoms with Gasteiger partial charge < -0.3 is 5.32 Å². The summed E-state index contributed by atoms with van der Waals surface area (Å²) in [5.74, 6) is 1.58. The molecule has 1 aliphatic carbocycles. The van der Waals surface area contributed by atoms with Gasteiger partial charge in [0.25, 0.3) is 0 Å². The van der Waals surface area contributed by atoms with Gasteiger partial charge in [-0.15, -0.1) is 0 Å². The van der Waals surface area contributed by atoms with Crippen LogP contribution in [0.2, 0.25) is 0 Å². The molecule has 16 heavy (non-hydrogen) atoms. The van der Waals surface area contributed by atoms with E-state index in [-0.39, 0.29) is 0 Å². The van der Waals surface area contributed by atoms with E-state index in [1.165, 1.54) is 42.6 Å². The SMILES string of the molecule is CC1=C[C@H]2CCNC[C@@H]2Cc2ccccc21. The van der Waals surface area contributed by atoms with E-state index in [9.17, 15) is 0 Å². The molecule has 1 aromatic rings. The van der Waals surface area contributed by atoms with E-state index in [1.54, 1.807) is 0 Å². The lowest BCUT2D eigenvalue weighted by Crippen LogP contribution is -2.36. The summed E-state index contributed by atoms with van der Waals surface area (Å²) in [6.45, 7) is 4.63. The summed E-state index contributed by atoms with van der Waals surface area (Å²) in [4.78, 5) is 0. The zero-order valence-corrected chi connectivity index (χ0v) is 9.87. The van der Waals surface area contributed by atoms with Crippen molar-refractivity contribution in [1.29, 1.82) is 0 Å². The molecule has 1 nitrogen and oxygen atoms in total. The summed E-state index contributed by atoms with van der Waals surface area (Å²) < 4.78 is 0. The third-order valence-corrected chi connectivity index (χ3v) is 4.05. The average Bonchev–Trinajstić information content (AvgIpc) is 2.45. The lowest BCUT2D eigenvalue weighted by atomic mass is 9.83. The number of benzene rings is 1. The molecule has 0 bridgehead atoms. The summed E-state index contributed by atoms with van der Waals surface area (Å²) in [5.41, 5.74) is 4.48. The van der Waals surface area contributed by atoms with Crippen molar-refractivity contribution in [2.24, 2.45) is 11.8 Å². The van der Waals surface area contributed by atoms with Gasteiger partial charge in [-0.05, 0) is 61.4 Å². The Balaban J connectivity index is 2.02. The third kappa shape index (κ3) is 1.69. The molecule has 0 spiro atoms. The predicted molar refractivity (Wildman–Crippen MR) is 68.3 cm³/mol. The minimum Gasteiger partial charge on any atom is -0.316 e. The summed E-state index contributed by atoms with van der Waals surface area (Å²) >= 11 is 0. The van der Waals surface area contributed by atoms with Gasteiger partial charge in [-0.1, -0.05) is 30.3 Å². The molecule has 0 radical (unpaired) electrons. The van der Waals surface area contributed by atoms with Gasteiger partial charge in [0.15, 0.2) is 0 Å². The Morgan fingerprint density at radius 3 is 3.06 bits per heavy atom. The standard InChI is InChI=1S/C15H19N/c1-11-8-12-6-7-16-10-14(12)9-13-4-2-3-5-15(11)13/h2-5,8,12,14,16H,6-7,9-10H2,1H3/t12-,14+/m1/s1. The van der Waals surface area contributed by atoms with Crippen molar-refractivity contribution < 1.29 is 0 Å². The monoisotopic (exact) mass is 213 g/mol. The first-order valence-electron chi connectivity index (χ1n) is 6.32. The Morgan fingerprint density at radius 1 is 1.25 bits per heavy atom. The first-order chi connectivity index (χ1) is 7.84. The lowest BCUT2D eigenvalue weighted by Gasteiger charge is -2.29. The number of allylic oxidation sites excluding steroid dienone is 2. The Kier molecular flexibility index (Phi) is 2.56. The molecule has 84 valence electrons. The molecule has 1 aliphatic heterocycles. The molecule has 1 N–H and O–H groups in total. The van der Waals surface area contributed by atoms with Crippen molar-refractivity contribution in [3.8, 4) is 0 Å². The van der Waals surface area contributed by atoms with Gasteiger partial charge in [0.1, 0.15) is 0 Å². The first kappa shape index (κ1) is 10.1. The zero-order chi connectivity index (χ0) is 11.0. The Hall–Kier alpha value is -1.08. The van der Waals surface area contributed by atoms with Gasteiger partial charge in [0.2, 0.25) is 0 Å². The molecule has 1 saturated heterocycles. The lowest BCUT2D eigenvalue weighted by molar-refractivity contribution is 0.303. The van der Waals surface area contributed by atoms with Crippen LogP contribution >= 0.6 is 0 Å². The number of hydrogen-bond acceptors (Lipinski definition) is 1. The second-order valence-corrected chi connectivity index (χ2v) is 5.13. The van der Waals surface area contributed by atoms with Gasteiger partial charge >= 0.3 is 0 Å². The van der Waals surface area contributed by atoms with Crippen molar-refractivity contribution in [3.63, 3.8) is 0 Å². The Morgan fingerprint density at radius 2 is 2.12 bits per heavy atom. The number of fused-ring (bicyclic) bond motifs is 2. The molecule has 0 amide bonds. The largest absolute Gasteiger partial charge is 0.316 e. The van der Waals surface area contributed by atoms with E-state index in [2.05, 4.69) is 42.6 Å². The summed E-state index contributed by atoms with van der Waals surface area (Å²) in [6, 6.07) is 8.89. The van der Waals surface area contributed by atoms with E-state index < -0.39 is 0 Å². The second kappa shape index (κ2) is 4.06. The fraction of sp³-hybridized carbons (Fsp3) is 0.467. The van der Waals surface area contributed by atoms with Crippen LogP contribution in [0.5, 0.6) is 0 Å². The molecule has 2 aliphatic rings. The molecule has 1 fully saturated rings. The van der Waals surface area contributed by atoms with Crippen LogP contribution in [0.1, 0.15) is 24.5 Å². The van der Waals surface area contributed by atoms with Crippen LogP contribution in [0.4, 0.5) is 0 Å². The highest BCUT2D eigenvalue weighted by atomic mass is 14.9. The molecule has 0 aromatic heterocycles. The molecule has 0 unspecified atom stereocenters. The van der Waals surface area contributed by atoms with Gasteiger partial charge in [-0.25, -0.2) is 0 Å². The summed E-state index contributed by atoms with van der Waals surface area (Å²) in [7, 11) is 0. The molecular formula is C15H19N. The van der Waals surface area contributed by atoms with Crippen LogP contribution in [-0.2, 0) is 6.42 Å².